The highest BCUT2D eigenvalue weighted by Crippen LogP contribution is 2.27. The molecule has 0 aliphatic heterocycles. The van der Waals surface area contributed by atoms with Gasteiger partial charge in [0.25, 0.3) is 0 Å². The normalized spacial score (nSPS) is 15.9. The quantitative estimate of drug-likeness (QED) is 0.470. The van der Waals surface area contributed by atoms with Crippen molar-refractivity contribution in [1.82, 2.24) is 0 Å². The molecule has 0 aromatic rings. The summed E-state index contributed by atoms with van der Waals surface area (Å²) in [6, 6.07) is 0. The van der Waals surface area contributed by atoms with Crippen molar-refractivity contribution in [1.29, 1.82) is 0 Å². The summed E-state index contributed by atoms with van der Waals surface area (Å²) in [5.74, 6) is 6.73. The van der Waals surface area contributed by atoms with Crippen LogP contribution in [0, 0.1) is 17.8 Å². The van der Waals surface area contributed by atoms with Crippen LogP contribution in [0.5, 0.6) is 0 Å². The highest BCUT2D eigenvalue weighted by Gasteiger charge is 2.18. The molecule has 0 unspecified atom stereocenters. The molecule has 0 amide bonds. The fourth-order valence-corrected chi connectivity index (χ4v) is 0.848. The van der Waals surface area contributed by atoms with Gasteiger partial charge >= 0.3 is 0 Å². The lowest BCUT2D eigenvalue weighted by atomic mass is 10.4. The highest BCUT2D eigenvalue weighted by molar-refractivity contribution is 5.10. The molecule has 2 nitrogen and oxygen atoms in total. The second-order valence-corrected chi connectivity index (χ2v) is 2.81. The van der Waals surface area contributed by atoms with Crippen molar-refractivity contribution >= 4 is 0 Å². The van der Waals surface area contributed by atoms with E-state index in [0.29, 0.717) is 19.1 Å². The molecule has 0 saturated heterocycles. The van der Waals surface area contributed by atoms with Gasteiger partial charge in [-0.05, 0) is 32.6 Å². The predicted octanol–water partition coefficient (Wildman–Crippen LogP) is 1.80. The molecule has 0 heterocycles. The largest absolute Gasteiger partial charge is 0.342 e. The van der Waals surface area contributed by atoms with Gasteiger partial charge in [-0.2, -0.15) is 0 Å². The summed E-state index contributed by atoms with van der Waals surface area (Å²) in [4.78, 5) is 0. The first kappa shape index (κ1) is 9.57. The lowest BCUT2D eigenvalue weighted by Crippen LogP contribution is -2.14. The molecule has 0 bridgehead atoms. The van der Waals surface area contributed by atoms with Crippen molar-refractivity contribution in [3.05, 3.63) is 0 Å². The first-order valence-corrected chi connectivity index (χ1v) is 4.61. The average molecular weight is 168 g/mol. The van der Waals surface area contributed by atoms with Crippen molar-refractivity contribution < 1.29 is 9.47 Å². The van der Waals surface area contributed by atoms with Crippen LogP contribution in [-0.2, 0) is 9.47 Å². The molecular weight excluding hydrogens is 152 g/mol. The van der Waals surface area contributed by atoms with Gasteiger partial charge in [0, 0.05) is 19.1 Å². The maximum absolute atomic E-state index is 5.26. The van der Waals surface area contributed by atoms with Gasteiger partial charge in [-0.25, -0.2) is 0 Å². The number of hydrogen-bond donors (Lipinski definition) is 0. The zero-order valence-electron chi connectivity index (χ0n) is 7.80. The van der Waals surface area contributed by atoms with E-state index in [2.05, 4.69) is 11.8 Å². The average Bonchev–Trinajstić information content (AvgIpc) is 2.84. The van der Waals surface area contributed by atoms with Gasteiger partial charge in [-0.15, -0.1) is 0 Å². The van der Waals surface area contributed by atoms with Gasteiger partial charge in [-0.3, -0.25) is 0 Å². The summed E-state index contributed by atoms with van der Waals surface area (Å²) in [5, 5.41) is 0. The maximum atomic E-state index is 5.26. The monoisotopic (exact) mass is 168 g/mol. The van der Waals surface area contributed by atoms with Gasteiger partial charge in [0.05, 0.1) is 0 Å². The fraction of sp³-hybridized carbons (Fsp3) is 0.800. The minimum absolute atomic E-state index is 0.305. The Morgan fingerprint density at radius 1 is 1.25 bits per heavy atom. The topological polar surface area (TPSA) is 18.5 Å². The molecule has 0 radical (unpaired) electrons. The summed E-state index contributed by atoms with van der Waals surface area (Å²) in [6.07, 6.45) is 2.19. The molecule has 1 aliphatic rings. The van der Waals surface area contributed by atoms with E-state index in [1.165, 1.54) is 12.8 Å². The number of ether oxygens (including phenoxy) is 2. The Kier molecular flexibility index (Phi) is 4.13. The molecule has 0 atom stereocenters. The molecule has 1 aliphatic carbocycles. The smallest absolute Gasteiger partial charge is 0.222 e. The summed E-state index contributed by atoms with van der Waals surface area (Å²) in [7, 11) is 0. The zero-order chi connectivity index (χ0) is 8.81. The molecule has 1 fully saturated rings. The van der Waals surface area contributed by atoms with E-state index in [1.807, 2.05) is 13.8 Å². The van der Waals surface area contributed by atoms with Crippen LogP contribution in [0.2, 0.25) is 0 Å². The van der Waals surface area contributed by atoms with Gasteiger partial charge in [0.2, 0.25) is 6.29 Å². The lowest BCUT2D eigenvalue weighted by molar-refractivity contribution is -0.0970. The molecule has 0 aromatic heterocycles. The summed E-state index contributed by atoms with van der Waals surface area (Å²) >= 11 is 0. The SMILES string of the molecule is CCOC(C#CC1CC1)OCC. The molecule has 0 N–H and O–H groups in total. The van der Waals surface area contributed by atoms with Crippen molar-refractivity contribution in [3.8, 4) is 11.8 Å². The Bertz CT molecular complexity index is 168. The van der Waals surface area contributed by atoms with Gasteiger partial charge in [-0.1, -0.05) is 5.92 Å². The van der Waals surface area contributed by atoms with Crippen molar-refractivity contribution in [2.24, 2.45) is 5.92 Å². The van der Waals surface area contributed by atoms with Crippen molar-refractivity contribution in [2.45, 2.75) is 33.0 Å². The highest BCUT2D eigenvalue weighted by atomic mass is 16.7. The molecule has 68 valence electrons. The number of hydrogen-bond acceptors (Lipinski definition) is 2. The van der Waals surface area contributed by atoms with Crippen LogP contribution in [0.25, 0.3) is 0 Å². The van der Waals surface area contributed by atoms with Crippen LogP contribution in [0.1, 0.15) is 26.7 Å². The van der Waals surface area contributed by atoms with E-state index < -0.39 is 0 Å². The summed E-state index contributed by atoms with van der Waals surface area (Å²) in [6.45, 7) is 5.21. The van der Waals surface area contributed by atoms with Crippen LogP contribution in [0.15, 0.2) is 0 Å². The van der Waals surface area contributed by atoms with Crippen molar-refractivity contribution in [2.75, 3.05) is 13.2 Å². The van der Waals surface area contributed by atoms with E-state index in [4.69, 9.17) is 9.47 Å². The van der Waals surface area contributed by atoms with Crippen LogP contribution >= 0.6 is 0 Å². The predicted molar refractivity (Wildman–Crippen MR) is 47.5 cm³/mol. The molecule has 0 aromatic carbocycles. The Hall–Kier alpha value is -0.520. The molecule has 0 spiro atoms. The van der Waals surface area contributed by atoms with Gasteiger partial charge in [0.15, 0.2) is 0 Å². The maximum Gasteiger partial charge on any atom is 0.222 e. The minimum atomic E-state index is -0.305. The van der Waals surface area contributed by atoms with E-state index in [0.717, 1.165) is 0 Å². The zero-order valence-corrected chi connectivity index (χ0v) is 7.80. The van der Waals surface area contributed by atoms with E-state index in [9.17, 15) is 0 Å². The Labute approximate surface area is 74.2 Å². The third-order valence-electron chi connectivity index (χ3n) is 1.62. The lowest BCUT2D eigenvalue weighted by Gasteiger charge is -2.09. The van der Waals surface area contributed by atoms with E-state index >= 15 is 0 Å². The first-order chi connectivity index (χ1) is 5.86. The molecule has 1 saturated carbocycles. The van der Waals surface area contributed by atoms with Gasteiger partial charge < -0.3 is 9.47 Å². The molecule has 12 heavy (non-hydrogen) atoms. The first-order valence-electron chi connectivity index (χ1n) is 4.61. The summed E-state index contributed by atoms with van der Waals surface area (Å²) in [5.41, 5.74) is 0. The second kappa shape index (κ2) is 5.18. The Morgan fingerprint density at radius 3 is 2.25 bits per heavy atom. The van der Waals surface area contributed by atoms with Crippen molar-refractivity contribution in [3.63, 3.8) is 0 Å². The fourth-order valence-electron chi connectivity index (χ4n) is 0.848. The number of rotatable bonds is 4. The van der Waals surface area contributed by atoms with E-state index in [1.54, 1.807) is 0 Å². The third kappa shape index (κ3) is 3.75. The third-order valence-corrected chi connectivity index (χ3v) is 1.62. The van der Waals surface area contributed by atoms with Gasteiger partial charge in [0.1, 0.15) is 0 Å². The minimum Gasteiger partial charge on any atom is -0.342 e. The van der Waals surface area contributed by atoms with Crippen LogP contribution < -0.4 is 0 Å². The second-order valence-electron chi connectivity index (χ2n) is 2.81. The van der Waals surface area contributed by atoms with Crippen LogP contribution in [0.3, 0.4) is 0 Å². The molecule has 1 rings (SSSR count). The molecular formula is C10H16O2. The van der Waals surface area contributed by atoms with Crippen LogP contribution in [0.4, 0.5) is 0 Å². The Morgan fingerprint density at radius 2 is 1.83 bits per heavy atom. The van der Waals surface area contributed by atoms with E-state index in [-0.39, 0.29) is 6.29 Å². The molecule has 2 heteroatoms. The standard InChI is InChI=1S/C10H16O2/c1-3-11-10(12-4-2)8-7-9-5-6-9/h9-10H,3-6H2,1-2H3. The Balaban J connectivity index is 2.26. The van der Waals surface area contributed by atoms with Crippen LogP contribution in [-0.4, -0.2) is 19.5 Å². The summed E-state index contributed by atoms with van der Waals surface area (Å²) < 4.78 is 10.5.